The average molecular weight is 301 g/mol. The predicted molar refractivity (Wildman–Crippen MR) is 71.6 cm³/mol. The monoisotopic (exact) mass is 300 g/mol. The zero-order valence-electron chi connectivity index (χ0n) is 9.23. The van der Waals surface area contributed by atoms with Crippen molar-refractivity contribution in [3.05, 3.63) is 20.8 Å². The van der Waals surface area contributed by atoms with Crippen molar-refractivity contribution in [3.63, 3.8) is 0 Å². The molecule has 1 aromatic heterocycles. The molecule has 2 unspecified atom stereocenters. The third-order valence-corrected chi connectivity index (χ3v) is 5.46. The molecule has 0 amide bonds. The van der Waals surface area contributed by atoms with Crippen molar-refractivity contribution >= 4 is 27.3 Å². The number of thiophene rings is 1. The van der Waals surface area contributed by atoms with Crippen LogP contribution in [0, 0.1) is 5.92 Å². The van der Waals surface area contributed by atoms with Gasteiger partial charge in [0.05, 0.1) is 3.79 Å². The van der Waals surface area contributed by atoms with Gasteiger partial charge in [0.1, 0.15) is 0 Å². The average Bonchev–Trinajstić information content (AvgIpc) is 2.89. The van der Waals surface area contributed by atoms with Crippen LogP contribution in [0.25, 0.3) is 0 Å². The van der Waals surface area contributed by atoms with E-state index in [1.807, 2.05) is 11.3 Å². The summed E-state index contributed by atoms with van der Waals surface area (Å²) in [7, 11) is 0. The molecule has 88 valence electrons. The van der Waals surface area contributed by atoms with Crippen molar-refractivity contribution in [3.8, 4) is 0 Å². The first-order chi connectivity index (χ1) is 7.79. The summed E-state index contributed by atoms with van der Waals surface area (Å²) in [6, 6.07) is 5.87. The molecule has 2 fully saturated rings. The van der Waals surface area contributed by atoms with E-state index in [-0.39, 0.29) is 0 Å². The number of rotatable bonds is 3. The first-order valence-electron chi connectivity index (χ1n) is 6.00. The number of hydrogen-bond acceptors (Lipinski definition) is 3. The van der Waals surface area contributed by atoms with Gasteiger partial charge < -0.3 is 5.73 Å². The molecule has 0 spiro atoms. The Morgan fingerprint density at radius 3 is 2.75 bits per heavy atom. The van der Waals surface area contributed by atoms with Gasteiger partial charge in [0, 0.05) is 17.0 Å². The Labute approximate surface area is 109 Å². The Hall–Kier alpha value is 0.1000. The van der Waals surface area contributed by atoms with E-state index in [1.165, 1.54) is 34.5 Å². The second-order valence-corrected chi connectivity index (χ2v) is 7.33. The van der Waals surface area contributed by atoms with Crippen molar-refractivity contribution in [2.24, 2.45) is 11.7 Å². The van der Waals surface area contributed by atoms with Crippen LogP contribution in [0.4, 0.5) is 0 Å². The fourth-order valence-corrected chi connectivity index (χ4v) is 4.47. The Morgan fingerprint density at radius 2 is 2.19 bits per heavy atom. The molecule has 3 rings (SSSR count). The predicted octanol–water partition coefficient (Wildman–Crippen LogP) is 2.99. The highest BCUT2D eigenvalue weighted by Crippen LogP contribution is 2.46. The third kappa shape index (κ3) is 1.96. The summed E-state index contributed by atoms with van der Waals surface area (Å²) in [5.41, 5.74) is 5.92. The van der Waals surface area contributed by atoms with E-state index in [0.717, 1.165) is 12.6 Å². The number of nitrogens with zero attached hydrogens (tertiary/aromatic N) is 1. The first-order valence-corrected chi connectivity index (χ1v) is 7.61. The maximum absolute atomic E-state index is 5.92. The molecule has 16 heavy (non-hydrogen) atoms. The van der Waals surface area contributed by atoms with Gasteiger partial charge in [0.25, 0.3) is 0 Å². The fourth-order valence-electron chi connectivity index (χ4n) is 2.83. The van der Waals surface area contributed by atoms with Gasteiger partial charge in [0.15, 0.2) is 0 Å². The largest absolute Gasteiger partial charge is 0.330 e. The van der Waals surface area contributed by atoms with E-state index < -0.39 is 0 Å². The molecule has 1 saturated carbocycles. The third-order valence-electron chi connectivity index (χ3n) is 3.77. The highest BCUT2D eigenvalue weighted by Gasteiger charge is 2.42. The van der Waals surface area contributed by atoms with Gasteiger partial charge in [-0.2, -0.15) is 0 Å². The van der Waals surface area contributed by atoms with Crippen molar-refractivity contribution in [1.29, 1.82) is 0 Å². The van der Waals surface area contributed by atoms with Crippen LogP contribution in [0.15, 0.2) is 15.9 Å². The maximum atomic E-state index is 5.92. The zero-order valence-corrected chi connectivity index (χ0v) is 11.6. The maximum Gasteiger partial charge on any atom is 0.0701 e. The normalized spacial score (nSPS) is 31.1. The van der Waals surface area contributed by atoms with Crippen LogP contribution in [0.3, 0.4) is 0 Å². The van der Waals surface area contributed by atoms with E-state index in [9.17, 15) is 0 Å². The number of hydrogen-bond donors (Lipinski definition) is 1. The molecule has 0 bridgehead atoms. The summed E-state index contributed by atoms with van der Waals surface area (Å²) in [6.45, 7) is 2.07. The molecular weight excluding hydrogens is 284 g/mol. The van der Waals surface area contributed by atoms with E-state index in [4.69, 9.17) is 5.73 Å². The topological polar surface area (TPSA) is 29.3 Å². The van der Waals surface area contributed by atoms with Gasteiger partial charge >= 0.3 is 0 Å². The molecule has 4 heteroatoms. The second kappa shape index (κ2) is 4.41. The van der Waals surface area contributed by atoms with Crippen LogP contribution in [-0.2, 0) is 0 Å². The molecule has 1 aliphatic heterocycles. The molecule has 2 heterocycles. The highest BCUT2D eigenvalue weighted by molar-refractivity contribution is 9.11. The molecule has 2 N–H and O–H groups in total. The molecular formula is C12H17BrN2S. The van der Waals surface area contributed by atoms with Crippen molar-refractivity contribution in [2.75, 3.05) is 13.1 Å². The van der Waals surface area contributed by atoms with Crippen molar-refractivity contribution in [1.82, 2.24) is 4.90 Å². The van der Waals surface area contributed by atoms with Gasteiger partial charge in [-0.15, -0.1) is 11.3 Å². The molecule has 2 nitrogen and oxygen atoms in total. The van der Waals surface area contributed by atoms with Crippen molar-refractivity contribution in [2.45, 2.75) is 31.3 Å². The summed E-state index contributed by atoms with van der Waals surface area (Å²) in [5.74, 6) is 0.658. The van der Waals surface area contributed by atoms with Crippen LogP contribution < -0.4 is 5.73 Å². The van der Waals surface area contributed by atoms with E-state index in [0.29, 0.717) is 12.0 Å². The lowest BCUT2D eigenvalue weighted by atomic mass is 9.99. The minimum absolute atomic E-state index is 0.591. The summed E-state index contributed by atoms with van der Waals surface area (Å²) in [5, 5.41) is 0. The summed E-state index contributed by atoms with van der Waals surface area (Å²) in [4.78, 5) is 4.18. The lowest BCUT2D eigenvalue weighted by molar-refractivity contribution is 0.224. The van der Waals surface area contributed by atoms with Gasteiger partial charge in [-0.3, -0.25) is 4.90 Å². The number of likely N-dealkylation sites (tertiary alicyclic amines) is 1. The lowest BCUT2D eigenvalue weighted by Crippen LogP contribution is -2.29. The molecule has 0 radical (unpaired) electrons. The zero-order chi connectivity index (χ0) is 11.1. The number of halogens is 1. The molecule has 1 aromatic rings. The van der Waals surface area contributed by atoms with Crippen LogP contribution in [0.2, 0.25) is 0 Å². The Bertz CT molecular complexity index is 375. The van der Waals surface area contributed by atoms with E-state index in [2.05, 4.69) is 33.0 Å². The Morgan fingerprint density at radius 1 is 1.38 bits per heavy atom. The van der Waals surface area contributed by atoms with Gasteiger partial charge in [-0.05, 0) is 66.3 Å². The van der Waals surface area contributed by atoms with Crippen molar-refractivity contribution < 1.29 is 0 Å². The number of nitrogens with two attached hydrogens (primary N) is 1. The molecule has 1 aliphatic carbocycles. The smallest absolute Gasteiger partial charge is 0.0701 e. The van der Waals surface area contributed by atoms with Gasteiger partial charge in [-0.1, -0.05) is 0 Å². The van der Waals surface area contributed by atoms with Crippen LogP contribution in [0.5, 0.6) is 0 Å². The van der Waals surface area contributed by atoms with Crippen LogP contribution in [-0.4, -0.2) is 24.0 Å². The van der Waals surface area contributed by atoms with E-state index >= 15 is 0 Å². The minimum Gasteiger partial charge on any atom is -0.330 e. The lowest BCUT2D eigenvalue weighted by Gasteiger charge is -2.26. The SMILES string of the molecule is NCC1CCN(C2CC2)C1c1ccc(Br)s1. The molecule has 2 atom stereocenters. The van der Waals surface area contributed by atoms with Gasteiger partial charge in [-0.25, -0.2) is 0 Å². The fraction of sp³-hybridized carbons (Fsp3) is 0.667. The first kappa shape index (κ1) is 11.2. The highest BCUT2D eigenvalue weighted by atomic mass is 79.9. The minimum atomic E-state index is 0.591. The summed E-state index contributed by atoms with van der Waals surface area (Å²) >= 11 is 5.43. The Kier molecular flexibility index (Phi) is 3.09. The van der Waals surface area contributed by atoms with Crippen LogP contribution >= 0.6 is 27.3 Å². The quantitative estimate of drug-likeness (QED) is 0.930. The standard InChI is InChI=1S/C12H17BrN2S/c13-11-4-3-10(16-11)12-8(7-14)5-6-15(12)9-1-2-9/h3-4,8-9,12H,1-2,5-7,14H2. The summed E-state index contributed by atoms with van der Waals surface area (Å²) < 4.78 is 1.24. The second-order valence-electron chi connectivity index (χ2n) is 4.84. The van der Waals surface area contributed by atoms with Crippen LogP contribution in [0.1, 0.15) is 30.2 Å². The molecule has 0 aromatic carbocycles. The Balaban J connectivity index is 1.87. The molecule has 2 aliphatic rings. The summed E-state index contributed by atoms with van der Waals surface area (Å²) in [6.07, 6.45) is 4.05. The van der Waals surface area contributed by atoms with E-state index in [1.54, 1.807) is 0 Å². The molecule has 1 saturated heterocycles. The van der Waals surface area contributed by atoms with Gasteiger partial charge in [0.2, 0.25) is 0 Å².